The van der Waals surface area contributed by atoms with Gasteiger partial charge >= 0.3 is 0 Å². The number of nitrogens with zero attached hydrogens (tertiary/aromatic N) is 2. The van der Waals surface area contributed by atoms with Gasteiger partial charge in [-0.15, -0.1) is 0 Å². The minimum absolute atomic E-state index is 0.264. The highest BCUT2D eigenvalue weighted by Crippen LogP contribution is 2.47. The van der Waals surface area contributed by atoms with Crippen molar-refractivity contribution < 1.29 is 4.79 Å². The van der Waals surface area contributed by atoms with E-state index >= 15 is 0 Å². The Morgan fingerprint density at radius 3 is 2.92 bits per heavy atom. The molecule has 12 heavy (non-hydrogen) atoms. The largest absolute Gasteiger partial charge is 0.300 e. The minimum Gasteiger partial charge on any atom is -0.300 e. The van der Waals surface area contributed by atoms with Crippen LogP contribution in [0.25, 0.3) is 0 Å². The van der Waals surface area contributed by atoms with Gasteiger partial charge < -0.3 is 0 Å². The smallest absolute Gasteiger partial charge is 0.133 e. The fourth-order valence-corrected chi connectivity index (χ4v) is 1.72. The molecule has 64 valence electrons. The SMILES string of the molecule is CC(=O)[C@@H]1C[C@H]1c1ccnn1C. The van der Waals surface area contributed by atoms with Gasteiger partial charge in [0, 0.05) is 30.8 Å². The third-order valence-corrected chi connectivity index (χ3v) is 2.55. The Morgan fingerprint density at radius 2 is 2.50 bits per heavy atom. The number of hydrogen-bond acceptors (Lipinski definition) is 2. The van der Waals surface area contributed by atoms with Crippen molar-refractivity contribution in [1.82, 2.24) is 9.78 Å². The fraction of sp³-hybridized carbons (Fsp3) is 0.556. The van der Waals surface area contributed by atoms with Crippen LogP contribution < -0.4 is 0 Å². The van der Waals surface area contributed by atoms with Crippen molar-refractivity contribution in [2.45, 2.75) is 19.3 Å². The Bertz CT molecular complexity index is 316. The summed E-state index contributed by atoms with van der Waals surface area (Å²) < 4.78 is 1.85. The maximum absolute atomic E-state index is 11.0. The third kappa shape index (κ3) is 1.05. The van der Waals surface area contributed by atoms with Gasteiger partial charge in [0.15, 0.2) is 0 Å². The van der Waals surface area contributed by atoms with Gasteiger partial charge in [0.05, 0.1) is 0 Å². The summed E-state index contributed by atoms with van der Waals surface area (Å²) in [6, 6.07) is 1.99. The first kappa shape index (κ1) is 7.53. The molecule has 0 bridgehead atoms. The van der Waals surface area contributed by atoms with Gasteiger partial charge in [0.2, 0.25) is 0 Å². The number of ketones is 1. The summed E-state index contributed by atoms with van der Waals surface area (Å²) in [5, 5.41) is 4.08. The van der Waals surface area contributed by atoms with Crippen molar-refractivity contribution in [3.8, 4) is 0 Å². The van der Waals surface area contributed by atoms with Crippen LogP contribution in [0.15, 0.2) is 12.3 Å². The molecule has 3 heteroatoms. The van der Waals surface area contributed by atoms with Gasteiger partial charge in [-0.05, 0) is 19.4 Å². The second-order valence-corrected chi connectivity index (χ2v) is 3.44. The van der Waals surface area contributed by atoms with E-state index in [-0.39, 0.29) is 5.92 Å². The van der Waals surface area contributed by atoms with E-state index in [9.17, 15) is 4.79 Å². The number of aromatic nitrogens is 2. The number of carbonyl (C=O) groups is 1. The van der Waals surface area contributed by atoms with Crippen LogP contribution in [0.2, 0.25) is 0 Å². The fourth-order valence-electron chi connectivity index (χ4n) is 1.72. The van der Waals surface area contributed by atoms with E-state index in [2.05, 4.69) is 5.10 Å². The third-order valence-electron chi connectivity index (χ3n) is 2.55. The van der Waals surface area contributed by atoms with Crippen LogP contribution in [0.4, 0.5) is 0 Å². The van der Waals surface area contributed by atoms with E-state index in [1.807, 2.05) is 17.8 Å². The molecule has 1 aliphatic carbocycles. The Labute approximate surface area is 71.4 Å². The lowest BCUT2D eigenvalue weighted by Crippen LogP contribution is -2.00. The van der Waals surface area contributed by atoms with E-state index in [0.29, 0.717) is 11.7 Å². The van der Waals surface area contributed by atoms with Crippen molar-refractivity contribution in [3.63, 3.8) is 0 Å². The molecule has 0 aliphatic heterocycles. The van der Waals surface area contributed by atoms with Crippen LogP contribution in [0, 0.1) is 5.92 Å². The minimum atomic E-state index is 0.264. The average molecular weight is 164 g/mol. The zero-order valence-corrected chi connectivity index (χ0v) is 7.32. The molecule has 1 aromatic rings. The molecule has 0 amide bonds. The molecule has 0 saturated heterocycles. The van der Waals surface area contributed by atoms with Gasteiger partial charge in [0.1, 0.15) is 5.78 Å². The molecule has 1 fully saturated rings. The quantitative estimate of drug-likeness (QED) is 0.656. The average Bonchev–Trinajstić information content (AvgIpc) is 2.70. The van der Waals surface area contributed by atoms with Crippen molar-refractivity contribution in [2.24, 2.45) is 13.0 Å². The predicted molar refractivity (Wildman–Crippen MR) is 44.7 cm³/mol. The molecular formula is C9H12N2O. The highest BCUT2D eigenvalue weighted by molar-refractivity contribution is 5.82. The van der Waals surface area contributed by atoms with Crippen LogP contribution in [-0.4, -0.2) is 15.6 Å². The summed E-state index contributed by atoms with van der Waals surface area (Å²) >= 11 is 0. The molecule has 1 aromatic heterocycles. The van der Waals surface area contributed by atoms with Gasteiger partial charge in [-0.25, -0.2) is 0 Å². The Hall–Kier alpha value is -1.12. The Balaban J connectivity index is 2.15. The number of carbonyl (C=O) groups excluding carboxylic acids is 1. The van der Waals surface area contributed by atoms with Crippen molar-refractivity contribution in [1.29, 1.82) is 0 Å². The van der Waals surface area contributed by atoms with Crippen LogP contribution in [-0.2, 0) is 11.8 Å². The first-order valence-electron chi connectivity index (χ1n) is 4.18. The molecule has 2 atom stereocenters. The van der Waals surface area contributed by atoms with Crippen molar-refractivity contribution in [2.75, 3.05) is 0 Å². The summed E-state index contributed by atoms with van der Waals surface area (Å²) in [5.74, 6) is 1.01. The van der Waals surface area contributed by atoms with E-state index in [1.54, 1.807) is 13.1 Å². The van der Waals surface area contributed by atoms with Crippen molar-refractivity contribution in [3.05, 3.63) is 18.0 Å². The molecule has 0 N–H and O–H groups in total. The standard InChI is InChI=1S/C9H12N2O/c1-6(12)7-5-8(7)9-3-4-10-11(9)2/h3-4,7-8H,5H2,1-2H3/t7-,8+/m0/s1. The first-order chi connectivity index (χ1) is 5.70. The lowest BCUT2D eigenvalue weighted by atomic mass is 10.2. The van der Waals surface area contributed by atoms with E-state index in [4.69, 9.17) is 0 Å². The van der Waals surface area contributed by atoms with E-state index in [0.717, 1.165) is 6.42 Å². The molecule has 0 aromatic carbocycles. The molecule has 1 aliphatic rings. The zero-order valence-electron chi connectivity index (χ0n) is 7.32. The van der Waals surface area contributed by atoms with Crippen molar-refractivity contribution >= 4 is 5.78 Å². The Morgan fingerprint density at radius 1 is 1.75 bits per heavy atom. The summed E-state index contributed by atoms with van der Waals surface area (Å²) in [7, 11) is 1.92. The summed E-state index contributed by atoms with van der Waals surface area (Å²) in [6.07, 6.45) is 2.79. The van der Waals surface area contributed by atoms with Crippen LogP contribution in [0.3, 0.4) is 0 Å². The van der Waals surface area contributed by atoms with Gasteiger partial charge in [0.25, 0.3) is 0 Å². The maximum Gasteiger partial charge on any atom is 0.133 e. The van der Waals surface area contributed by atoms with E-state index in [1.165, 1.54) is 5.69 Å². The summed E-state index contributed by atoms with van der Waals surface area (Å²) in [4.78, 5) is 11.0. The topological polar surface area (TPSA) is 34.9 Å². The Kier molecular flexibility index (Phi) is 1.53. The van der Waals surface area contributed by atoms with E-state index < -0.39 is 0 Å². The number of Topliss-reactive ketones (excluding diaryl/α,β-unsaturated/α-hetero) is 1. The molecule has 1 heterocycles. The molecule has 0 unspecified atom stereocenters. The highest BCUT2D eigenvalue weighted by atomic mass is 16.1. The molecule has 0 radical (unpaired) electrons. The number of rotatable bonds is 2. The number of hydrogen-bond donors (Lipinski definition) is 0. The van der Waals surface area contributed by atoms with Gasteiger partial charge in [-0.2, -0.15) is 5.10 Å². The lowest BCUT2D eigenvalue weighted by molar-refractivity contribution is -0.118. The molecule has 2 rings (SSSR count). The second-order valence-electron chi connectivity index (χ2n) is 3.44. The van der Waals surface area contributed by atoms with Crippen LogP contribution in [0.5, 0.6) is 0 Å². The molecular weight excluding hydrogens is 152 g/mol. The second kappa shape index (κ2) is 2.44. The first-order valence-corrected chi connectivity index (χ1v) is 4.18. The predicted octanol–water partition coefficient (Wildman–Crippen LogP) is 1.11. The highest BCUT2D eigenvalue weighted by Gasteiger charge is 2.43. The summed E-state index contributed by atoms with van der Waals surface area (Å²) in [5.41, 5.74) is 1.19. The molecule has 0 spiro atoms. The maximum atomic E-state index is 11.0. The molecule has 1 saturated carbocycles. The normalized spacial score (nSPS) is 27.2. The lowest BCUT2D eigenvalue weighted by Gasteiger charge is -1.97. The zero-order chi connectivity index (χ0) is 8.72. The molecule has 3 nitrogen and oxygen atoms in total. The number of aryl methyl sites for hydroxylation is 1. The van der Waals surface area contributed by atoms with Crippen LogP contribution >= 0.6 is 0 Å². The summed E-state index contributed by atoms with van der Waals surface area (Å²) in [6.45, 7) is 1.67. The van der Waals surface area contributed by atoms with Gasteiger partial charge in [-0.1, -0.05) is 0 Å². The van der Waals surface area contributed by atoms with Gasteiger partial charge in [-0.3, -0.25) is 9.48 Å². The van der Waals surface area contributed by atoms with Crippen LogP contribution in [0.1, 0.15) is 25.0 Å². The monoisotopic (exact) mass is 164 g/mol.